The molecule has 2 bridgehead atoms. The SMILES string of the molecule is CN1CC2CCC(C1)N2c1ccc([N+](=O)[O-])nc1. The second-order valence-corrected chi connectivity index (χ2v) is 5.15. The third kappa shape index (κ3) is 1.82. The fourth-order valence-corrected chi connectivity index (χ4v) is 3.17. The van der Waals surface area contributed by atoms with Crippen molar-refractivity contribution in [1.29, 1.82) is 0 Å². The number of aromatic nitrogens is 1. The largest absolute Gasteiger partial charge is 0.363 e. The standard InChI is InChI=1S/C12H16N4O2/c1-14-7-10-2-3-11(8-14)15(10)9-4-5-12(13-6-9)16(17)18/h4-6,10-11H,2-3,7-8H2,1H3. The Morgan fingerprint density at radius 2 is 2.00 bits per heavy atom. The first-order valence-corrected chi connectivity index (χ1v) is 6.22. The molecule has 2 aliphatic heterocycles. The molecular weight excluding hydrogens is 232 g/mol. The summed E-state index contributed by atoms with van der Waals surface area (Å²) >= 11 is 0. The monoisotopic (exact) mass is 248 g/mol. The van der Waals surface area contributed by atoms with Crippen molar-refractivity contribution in [2.24, 2.45) is 0 Å². The number of likely N-dealkylation sites (N-methyl/N-ethyl adjacent to an activating group) is 1. The minimum Gasteiger partial charge on any atom is -0.360 e. The maximum Gasteiger partial charge on any atom is 0.363 e. The van der Waals surface area contributed by atoms with Crippen LogP contribution in [0.25, 0.3) is 0 Å². The summed E-state index contributed by atoms with van der Waals surface area (Å²) in [7, 11) is 2.15. The lowest BCUT2D eigenvalue weighted by atomic mass is 10.2. The number of hydrogen-bond donors (Lipinski definition) is 0. The molecule has 1 aromatic heterocycles. The minimum atomic E-state index is -0.456. The van der Waals surface area contributed by atoms with Gasteiger partial charge in [0.05, 0.1) is 5.69 Å². The van der Waals surface area contributed by atoms with E-state index >= 15 is 0 Å². The van der Waals surface area contributed by atoms with Crippen LogP contribution in [-0.2, 0) is 0 Å². The van der Waals surface area contributed by atoms with Crippen LogP contribution in [-0.4, -0.2) is 47.0 Å². The molecule has 0 amide bonds. The molecule has 1 aromatic rings. The number of piperazine rings is 1. The fraction of sp³-hybridized carbons (Fsp3) is 0.583. The third-order valence-corrected chi connectivity index (χ3v) is 3.88. The minimum absolute atomic E-state index is 0.0831. The molecule has 2 fully saturated rings. The third-order valence-electron chi connectivity index (χ3n) is 3.88. The molecule has 0 saturated carbocycles. The Morgan fingerprint density at radius 3 is 2.50 bits per heavy atom. The molecule has 3 rings (SSSR count). The number of likely N-dealkylation sites (tertiary alicyclic amines) is 1. The van der Waals surface area contributed by atoms with Gasteiger partial charge >= 0.3 is 5.82 Å². The average molecular weight is 248 g/mol. The summed E-state index contributed by atoms with van der Waals surface area (Å²) in [5, 5.41) is 10.6. The Hall–Kier alpha value is -1.69. The first kappa shape index (κ1) is 11.4. The van der Waals surface area contributed by atoms with Crippen molar-refractivity contribution >= 4 is 11.5 Å². The Kier molecular flexibility index (Phi) is 2.66. The molecule has 0 radical (unpaired) electrons. The van der Waals surface area contributed by atoms with Crippen molar-refractivity contribution in [1.82, 2.24) is 9.88 Å². The van der Waals surface area contributed by atoms with Crippen LogP contribution >= 0.6 is 0 Å². The predicted molar refractivity (Wildman–Crippen MR) is 67.7 cm³/mol. The van der Waals surface area contributed by atoms with Crippen molar-refractivity contribution in [3.8, 4) is 0 Å². The highest BCUT2D eigenvalue weighted by Gasteiger charge is 2.39. The molecule has 2 unspecified atom stereocenters. The Balaban J connectivity index is 1.85. The van der Waals surface area contributed by atoms with Crippen LogP contribution in [0.1, 0.15) is 12.8 Å². The topological polar surface area (TPSA) is 62.5 Å². The summed E-state index contributed by atoms with van der Waals surface area (Å²) in [5.41, 5.74) is 1.02. The van der Waals surface area contributed by atoms with Crippen LogP contribution in [0.2, 0.25) is 0 Å². The van der Waals surface area contributed by atoms with E-state index in [4.69, 9.17) is 0 Å². The molecule has 0 aromatic carbocycles. The van der Waals surface area contributed by atoms with Crippen LogP contribution in [0.4, 0.5) is 11.5 Å². The zero-order valence-electron chi connectivity index (χ0n) is 10.3. The summed E-state index contributed by atoms with van der Waals surface area (Å²) in [6.45, 7) is 2.13. The zero-order chi connectivity index (χ0) is 12.7. The van der Waals surface area contributed by atoms with Crippen molar-refractivity contribution in [3.63, 3.8) is 0 Å². The summed E-state index contributed by atoms with van der Waals surface area (Å²) in [6.07, 6.45) is 4.03. The molecule has 3 heterocycles. The molecule has 96 valence electrons. The highest BCUT2D eigenvalue weighted by atomic mass is 16.6. The summed E-state index contributed by atoms with van der Waals surface area (Å²) in [5.74, 6) is -0.0831. The lowest BCUT2D eigenvalue weighted by molar-refractivity contribution is -0.389. The highest BCUT2D eigenvalue weighted by molar-refractivity contribution is 5.50. The van der Waals surface area contributed by atoms with Gasteiger partial charge in [0.15, 0.2) is 6.20 Å². The lowest BCUT2D eigenvalue weighted by Gasteiger charge is -2.40. The first-order valence-electron chi connectivity index (χ1n) is 6.22. The van der Waals surface area contributed by atoms with E-state index in [0.717, 1.165) is 18.8 Å². The van der Waals surface area contributed by atoms with Crippen molar-refractivity contribution < 1.29 is 4.92 Å². The number of nitro groups is 1. The fourth-order valence-electron chi connectivity index (χ4n) is 3.17. The van der Waals surface area contributed by atoms with Gasteiger partial charge in [-0.1, -0.05) is 0 Å². The van der Waals surface area contributed by atoms with Gasteiger partial charge in [0.25, 0.3) is 0 Å². The normalized spacial score (nSPS) is 27.5. The van der Waals surface area contributed by atoms with E-state index in [1.807, 2.05) is 6.07 Å². The smallest absolute Gasteiger partial charge is 0.360 e. The van der Waals surface area contributed by atoms with Crippen LogP contribution < -0.4 is 4.90 Å². The molecule has 2 atom stereocenters. The number of fused-ring (bicyclic) bond motifs is 2. The van der Waals surface area contributed by atoms with E-state index in [9.17, 15) is 10.1 Å². The van der Waals surface area contributed by atoms with Crippen LogP contribution in [0.3, 0.4) is 0 Å². The molecule has 0 N–H and O–H groups in total. The van der Waals surface area contributed by atoms with E-state index in [0.29, 0.717) is 12.1 Å². The van der Waals surface area contributed by atoms with Crippen LogP contribution in [0.15, 0.2) is 18.3 Å². The number of nitrogens with zero attached hydrogens (tertiary/aromatic N) is 4. The van der Waals surface area contributed by atoms with Gasteiger partial charge in [-0.2, -0.15) is 0 Å². The lowest BCUT2D eigenvalue weighted by Crippen LogP contribution is -2.52. The van der Waals surface area contributed by atoms with Crippen molar-refractivity contribution in [2.75, 3.05) is 25.0 Å². The van der Waals surface area contributed by atoms with Gasteiger partial charge in [-0.05, 0) is 35.9 Å². The van der Waals surface area contributed by atoms with Gasteiger partial charge in [0, 0.05) is 31.2 Å². The highest BCUT2D eigenvalue weighted by Crippen LogP contribution is 2.34. The van der Waals surface area contributed by atoms with E-state index in [1.54, 1.807) is 6.20 Å². The van der Waals surface area contributed by atoms with Crippen molar-refractivity contribution in [3.05, 3.63) is 28.4 Å². The summed E-state index contributed by atoms with van der Waals surface area (Å²) in [6, 6.07) is 4.36. The van der Waals surface area contributed by atoms with E-state index in [1.165, 1.54) is 18.9 Å². The van der Waals surface area contributed by atoms with Gasteiger partial charge in [-0.3, -0.25) is 0 Å². The average Bonchev–Trinajstić information content (AvgIpc) is 2.62. The quantitative estimate of drug-likeness (QED) is 0.582. The molecule has 18 heavy (non-hydrogen) atoms. The Labute approximate surface area is 105 Å². The predicted octanol–water partition coefficient (Wildman–Crippen LogP) is 1.27. The molecule has 2 aliphatic rings. The Bertz CT molecular complexity index is 448. The van der Waals surface area contributed by atoms with Gasteiger partial charge in [0.2, 0.25) is 0 Å². The van der Waals surface area contributed by atoms with Crippen LogP contribution in [0, 0.1) is 10.1 Å². The number of hydrogen-bond acceptors (Lipinski definition) is 5. The molecule has 6 heteroatoms. The first-order chi connectivity index (χ1) is 8.65. The second-order valence-electron chi connectivity index (χ2n) is 5.15. The van der Waals surface area contributed by atoms with Gasteiger partial charge in [-0.15, -0.1) is 0 Å². The molecular formula is C12H16N4O2. The molecule has 0 aliphatic carbocycles. The zero-order valence-corrected chi connectivity index (χ0v) is 10.3. The number of pyridine rings is 1. The van der Waals surface area contributed by atoms with E-state index < -0.39 is 4.92 Å². The Morgan fingerprint density at radius 1 is 1.33 bits per heavy atom. The maximum absolute atomic E-state index is 10.6. The van der Waals surface area contributed by atoms with Gasteiger partial charge in [-0.25, -0.2) is 0 Å². The number of rotatable bonds is 2. The maximum atomic E-state index is 10.6. The van der Waals surface area contributed by atoms with Crippen LogP contribution in [0.5, 0.6) is 0 Å². The van der Waals surface area contributed by atoms with E-state index in [2.05, 4.69) is 21.8 Å². The molecule has 0 spiro atoms. The second kappa shape index (κ2) is 4.20. The van der Waals surface area contributed by atoms with Gasteiger partial charge in [0.1, 0.15) is 0 Å². The summed E-state index contributed by atoms with van der Waals surface area (Å²) in [4.78, 5) is 18.8. The number of anilines is 1. The van der Waals surface area contributed by atoms with Gasteiger partial charge < -0.3 is 19.9 Å². The molecule has 6 nitrogen and oxygen atoms in total. The van der Waals surface area contributed by atoms with E-state index in [-0.39, 0.29) is 5.82 Å². The van der Waals surface area contributed by atoms with Crippen molar-refractivity contribution in [2.45, 2.75) is 24.9 Å². The summed E-state index contributed by atoms with van der Waals surface area (Å²) < 4.78 is 0. The molecule has 2 saturated heterocycles.